The lowest BCUT2D eigenvalue weighted by Gasteiger charge is -2.44. The summed E-state index contributed by atoms with van der Waals surface area (Å²) in [7, 11) is 7.66. The van der Waals surface area contributed by atoms with Crippen LogP contribution in [0.1, 0.15) is 29.3 Å². The molecule has 5 nitrogen and oxygen atoms in total. The van der Waals surface area contributed by atoms with Gasteiger partial charge in [0, 0.05) is 57.1 Å². The number of hydrogen-bond donors (Lipinski definition) is 0. The van der Waals surface area contributed by atoms with Crippen LogP contribution in [0.3, 0.4) is 0 Å². The zero-order valence-electron chi connectivity index (χ0n) is 20.2. The van der Waals surface area contributed by atoms with E-state index >= 15 is 0 Å². The van der Waals surface area contributed by atoms with E-state index in [1.54, 1.807) is 14.2 Å². The fraction of sp³-hybridized carbons (Fsp3) is 0.357. The van der Waals surface area contributed by atoms with Crippen molar-refractivity contribution in [2.24, 2.45) is 0 Å². The summed E-state index contributed by atoms with van der Waals surface area (Å²) in [6.45, 7) is 3.76. The Hall–Kier alpha value is -3.02. The molecule has 0 bridgehead atoms. The molecule has 33 heavy (non-hydrogen) atoms. The number of para-hydroxylation sites is 2. The lowest BCUT2D eigenvalue weighted by molar-refractivity contribution is -0.00976. The fourth-order valence-electron chi connectivity index (χ4n) is 4.75. The molecular weight excluding hydrogens is 410 g/mol. The fourth-order valence-corrected chi connectivity index (χ4v) is 4.75. The minimum absolute atomic E-state index is 0.171. The van der Waals surface area contributed by atoms with Gasteiger partial charge in [-0.3, -0.25) is 9.80 Å². The van der Waals surface area contributed by atoms with Gasteiger partial charge in [0.15, 0.2) is 0 Å². The minimum atomic E-state index is 0.171. The van der Waals surface area contributed by atoms with E-state index in [0.717, 1.165) is 44.1 Å². The lowest BCUT2D eigenvalue weighted by Crippen LogP contribution is -2.46. The number of ether oxygens (including phenoxy) is 2. The van der Waals surface area contributed by atoms with Crippen molar-refractivity contribution in [2.45, 2.75) is 25.7 Å². The minimum Gasteiger partial charge on any atom is -0.496 e. The number of nitrogens with zero attached hydrogens (tertiary/aromatic N) is 3. The smallest absolute Gasteiger partial charge is 0.123 e. The molecule has 0 saturated carbocycles. The summed E-state index contributed by atoms with van der Waals surface area (Å²) in [5.74, 6) is 1.89. The summed E-state index contributed by atoms with van der Waals surface area (Å²) in [5, 5.41) is 0. The summed E-state index contributed by atoms with van der Waals surface area (Å²) in [5.41, 5.74) is 4.95. The molecule has 1 aliphatic rings. The first-order chi connectivity index (χ1) is 16.1. The maximum Gasteiger partial charge on any atom is 0.123 e. The van der Waals surface area contributed by atoms with Gasteiger partial charge >= 0.3 is 0 Å². The van der Waals surface area contributed by atoms with Crippen molar-refractivity contribution in [1.29, 1.82) is 0 Å². The Balaban J connectivity index is 1.68. The molecule has 3 aromatic carbocycles. The van der Waals surface area contributed by atoms with Crippen molar-refractivity contribution < 1.29 is 9.47 Å². The van der Waals surface area contributed by atoms with Crippen LogP contribution in [0.4, 0.5) is 5.69 Å². The molecule has 4 rings (SSSR count). The van der Waals surface area contributed by atoms with Crippen molar-refractivity contribution in [3.63, 3.8) is 0 Å². The van der Waals surface area contributed by atoms with Gasteiger partial charge in [0.25, 0.3) is 0 Å². The Kier molecular flexibility index (Phi) is 7.53. The van der Waals surface area contributed by atoms with Crippen LogP contribution < -0.4 is 14.4 Å². The van der Waals surface area contributed by atoms with Crippen molar-refractivity contribution in [2.75, 3.05) is 46.3 Å². The highest BCUT2D eigenvalue weighted by Gasteiger charge is 2.31. The zero-order chi connectivity index (χ0) is 23.2. The van der Waals surface area contributed by atoms with Crippen LogP contribution in [0.5, 0.6) is 11.5 Å². The van der Waals surface area contributed by atoms with Gasteiger partial charge in [-0.2, -0.15) is 0 Å². The molecule has 5 heteroatoms. The van der Waals surface area contributed by atoms with Crippen LogP contribution in [-0.4, -0.2) is 51.2 Å². The van der Waals surface area contributed by atoms with Gasteiger partial charge in [-0.15, -0.1) is 0 Å². The predicted molar refractivity (Wildman–Crippen MR) is 135 cm³/mol. The lowest BCUT2D eigenvalue weighted by atomic mass is 10.0. The maximum atomic E-state index is 5.66. The Morgan fingerprint density at radius 2 is 1.21 bits per heavy atom. The van der Waals surface area contributed by atoms with E-state index < -0.39 is 0 Å². The summed E-state index contributed by atoms with van der Waals surface area (Å²) >= 11 is 0. The Morgan fingerprint density at radius 3 is 1.67 bits per heavy atom. The third kappa shape index (κ3) is 5.32. The van der Waals surface area contributed by atoms with Crippen LogP contribution in [0, 0.1) is 0 Å². The van der Waals surface area contributed by atoms with Gasteiger partial charge in [-0.05, 0) is 36.2 Å². The maximum absolute atomic E-state index is 5.66. The van der Waals surface area contributed by atoms with Crippen LogP contribution in [0.15, 0.2) is 72.8 Å². The molecule has 1 fully saturated rings. The largest absolute Gasteiger partial charge is 0.496 e. The molecule has 0 radical (unpaired) electrons. The number of hydrogen-bond acceptors (Lipinski definition) is 5. The molecule has 3 aromatic rings. The van der Waals surface area contributed by atoms with Crippen LogP contribution in [-0.2, 0) is 13.1 Å². The number of rotatable bonds is 8. The quantitative estimate of drug-likeness (QED) is 0.477. The standard InChI is InChI=1S/C28H35N3O2/c1-29(2)25-16-14-22(15-17-25)28-30(20-23-10-5-7-12-26(23)32-3)18-9-19-31(28)21-24-11-6-8-13-27(24)33-4/h5-8,10-17,28H,9,18-21H2,1-4H3. The second kappa shape index (κ2) is 10.7. The van der Waals surface area contributed by atoms with Crippen molar-refractivity contribution in [1.82, 2.24) is 9.80 Å². The van der Waals surface area contributed by atoms with Gasteiger partial charge in [0.05, 0.1) is 20.4 Å². The highest BCUT2D eigenvalue weighted by molar-refractivity contribution is 5.46. The van der Waals surface area contributed by atoms with Crippen LogP contribution >= 0.6 is 0 Å². The third-order valence-corrected chi connectivity index (χ3v) is 6.42. The molecule has 1 aliphatic heterocycles. The van der Waals surface area contributed by atoms with Gasteiger partial charge in [0.1, 0.15) is 11.5 Å². The molecule has 0 unspecified atom stereocenters. The molecular formula is C28H35N3O2. The van der Waals surface area contributed by atoms with Crippen molar-refractivity contribution >= 4 is 5.69 Å². The normalized spacial score (nSPS) is 15.4. The molecule has 174 valence electrons. The van der Waals surface area contributed by atoms with E-state index in [2.05, 4.69) is 77.3 Å². The van der Waals surface area contributed by atoms with E-state index in [9.17, 15) is 0 Å². The number of anilines is 1. The first kappa shape index (κ1) is 23.1. The predicted octanol–water partition coefficient (Wildman–Crippen LogP) is 5.18. The summed E-state index contributed by atoms with van der Waals surface area (Å²) < 4.78 is 11.3. The SMILES string of the molecule is COc1ccccc1CN1CCCN(Cc2ccccc2OC)C1c1ccc(N(C)C)cc1. The average molecular weight is 446 g/mol. The topological polar surface area (TPSA) is 28.2 Å². The molecule has 0 atom stereocenters. The van der Waals surface area contributed by atoms with E-state index in [0.29, 0.717) is 0 Å². The van der Waals surface area contributed by atoms with E-state index in [1.807, 2.05) is 24.3 Å². The highest BCUT2D eigenvalue weighted by atomic mass is 16.5. The molecule has 0 spiro atoms. The van der Waals surface area contributed by atoms with Gasteiger partial charge in [-0.25, -0.2) is 0 Å². The summed E-state index contributed by atoms with van der Waals surface area (Å²) in [6.07, 6.45) is 1.29. The molecule has 0 amide bonds. The Labute approximate surface area is 198 Å². The molecule has 0 aliphatic carbocycles. The first-order valence-electron chi connectivity index (χ1n) is 11.6. The Bertz CT molecular complexity index is 978. The highest BCUT2D eigenvalue weighted by Crippen LogP contribution is 2.35. The van der Waals surface area contributed by atoms with Crippen molar-refractivity contribution in [3.05, 3.63) is 89.5 Å². The molecule has 0 N–H and O–H groups in total. The van der Waals surface area contributed by atoms with E-state index in [4.69, 9.17) is 9.47 Å². The zero-order valence-corrected chi connectivity index (χ0v) is 20.2. The monoisotopic (exact) mass is 445 g/mol. The summed E-state index contributed by atoms with van der Waals surface area (Å²) in [6, 6.07) is 25.7. The molecule has 1 heterocycles. The third-order valence-electron chi connectivity index (χ3n) is 6.42. The average Bonchev–Trinajstić information content (AvgIpc) is 2.85. The van der Waals surface area contributed by atoms with Gasteiger partial charge < -0.3 is 14.4 Å². The summed E-state index contributed by atoms with van der Waals surface area (Å²) in [4.78, 5) is 7.28. The first-order valence-corrected chi connectivity index (χ1v) is 11.6. The molecule has 1 saturated heterocycles. The Morgan fingerprint density at radius 1 is 0.727 bits per heavy atom. The van der Waals surface area contributed by atoms with E-state index in [-0.39, 0.29) is 6.17 Å². The van der Waals surface area contributed by atoms with Gasteiger partial charge in [-0.1, -0.05) is 48.5 Å². The number of methoxy groups -OCH3 is 2. The molecule has 0 aromatic heterocycles. The number of benzene rings is 3. The second-order valence-electron chi connectivity index (χ2n) is 8.78. The van der Waals surface area contributed by atoms with Crippen LogP contribution in [0.25, 0.3) is 0 Å². The van der Waals surface area contributed by atoms with Crippen molar-refractivity contribution in [3.8, 4) is 11.5 Å². The van der Waals surface area contributed by atoms with E-state index in [1.165, 1.54) is 22.4 Å². The van der Waals surface area contributed by atoms with Crippen LogP contribution in [0.2, 0.25) is 0 Å². The second-order valence-corrected chi connectivity index (χ2v) is 8.78. The van der Waals surface area contributed by atoms with Gasteiger partial charge in [0.2, 0.25) is 0 Å².